The highest BCUT2D eigenvalue weighted by Gasteiger charge is 2.27. The number of aliphatic carboxylic acids is 1. The Morgan fingerprint density at radius 1 is 1.26 bits per heavy atom. The van der Waals surface area contributed by atoms with E-state index in [9.17, 15) is 9.59 Å². The van der Waals surface area contributed by atoms with E-state index in [2.05, 4.69) is 15.3 Å². The van der Waals surface area contributed by atoms with E-state index >= 15 is 0 Å². The van der Waals surface area contributed by atoms with E-state index in [0.717, 1.165) is 0 Å². The zero-order chi connectivity index (χ0) is 19.1. The molecule has 1 aromatic carbocycles. The molecular weight excluding hydrogens is 348 g/mol. The molecule has 1 saturated heterocycles. The Morgan fingerprint density at radius 2 is 2.07 bits per heavy atom. The largest absolute Gasteiger partial charge is 0.481 e. The summed E-state index contributed by atoms with van der Waals surface area (Å²) < 4.78 is 5.37. The van der Waals surface area contributed by atoms with Gasteiger partial charge in [-0.1, -0.05) is 6.07 Å². The second kappa shape index (κ2) is 9.09. The molecule has 0 saturated carbocycles. The molecule has 0 radical (unpaired) electrons. The lowest BCUT2D eigenvalue weighted by Gasteiger charge is -2.34. The predicted molar refractivity (Wildman–Crippen MR) is 98.9 cm³/mol. The van der Waals surface area contributed by atoms with Crippen molar-refractivity contribution in [3.05, 3.63) is 48.4 Å². The smallest absolute Gasteiger partial charge is 0.305 e. The molecule has 1 aliphatic heterocycles. The van der Waals surface area contributed by atoms with Gasteiger partial charge in [-0.25, -0.2) is 4.98 Å². The zero-order valence-corrected chi connectivity index (χ0v) is 14.9. The van der Waals surface area contributed by atoms with E-state index in [4.69, 9.17) is 9.84 Å². The Labute approximate surface area is 157 Å². The van der Waals surface area contributed by atoms with Crippen molar-refractivity contribution in [2.75, 3.05) is 25.1 Å². The summed E-state index contributed by atoms with van der Waals surface area (Å²) >= 11 is 0. The third-order valence-corrected chi connectivity index (χ3v) is 4.40. The van der Waals surface area contributed by atoms with Crippen molar-refractivity contribution in [1.82, 2.24) is 14.9 Å². The van der Waals surface area contributed by atoms with Crippen molar-refractivity contribution in [3.63, 3.8) is 0 Å². The van der Waals surface area contributed by atoms with Crippen molar-refractivity contribution in [2.24, 2.45) is 0 Å². The zero-order valence-electron chi connectivity index (χ0n) is 14.9. The number of rotatable bonds is 7. The van der Waals surface area contributed by atoms with Crippen molar-refractivity contribution < 1.29 is 19.4 Å². The van der Waals surface area contributed by atoms with Crippen LogP contribution in [0.2, 0.25) is 0 Å². The minimum atomic E-state index is -0.919. The molecule has 2 heterocycles. The fraction of sp³-hybridized carbons (Fsp3) is 0.368. The normalized spacial score (nSPS) is 14.5. The molecule has 0 aliphatic carbocycles. The molecule has 0 spiro atoms. The average molecular weight is 370 g/mol. The first-order chi connectivity index (χ1) is 13.1. The number of nitrogens with zero attached hydrogens (tertiary/aromatic N) is 3. The molecule has 1 aromatic heterocycles. The predicted octanol–water partition coefficient (Wildman–Crippen LogP) is 2.32. The molecular formula is C19H22N4O4. The fourth-order valence-corrected chi connectivity index (χ4v) is 3.07. The number of nitrogens with one attached hydrogen (secondary N) is 1. The molecule has 0 unspecified atom stereocenters. The lowest BCUT2D eigenvalue weighted by atomic mass is 10.0. The van der Waals surface area contributed by atoms with Gasteiger partial charge in [0.05, 0.1) is 12.6 Å². The van der Waals surface area contributed by atoms with E-state index in [1.807, 2.05) is 6.07 Å². The van der Waals surface area contributed by atoms with Crippen molar-refractivity contribution >= 4 is 23.4 Å². The van der Waals surface area contributed by atoms with E-state index in [0.29, 0.717) is 43.1 Å². The van der Waals surface area contributed by atoms with E-state index in [-0.39, 0.29) is 24.9 Å². The number of hydrogen-bond donors (Lipinski definition) is 2. The average Bonchev–Trinajstić information content (AvgIpc) is 2.69. The molecule has 1 aliphatic rings. The number of ether oxygens (including phenoxy) is 1. The molecule has 142 valence electrons. The number of carboxylic acids is 1. The topological polar surface area (TPSA) is 105 Å². The molecule has 0 bridgehead atoms. The highest BCUT2D eigenvalue weighted by Crippen LogP contribution is 2.21. The van der Waals surface area contributed by atoms with Crippen LogP contribution in [0.3, 0.4) is 0 Å². The van der Waals surface area contributed by atoms with Gasteiger partial charge >= 0.3 is 5.97 Å². The first kappa shape index (κ1) is 18.8. The third-order valence-electron chi connectivity index (χ3n) is 4.40. The standard InChI is InChI=1S/C19H22N4O4/c24-18(25)4-9-23(16-5-10-27-11-6-16)19(26)14-2-1-3-15(12-14)22-17-13-20-7-8-21-17/h1-3,7-8,12-13,16H,4-6,9-11H2,(H,21,22)(H,24,25). The Kier molecular flexibility index (Phi) is 6.32. The van der Waals surface area contributed by atoms with Gasteiger partial charge in [-0.3, -0.25) is 14.6 Å². The summed E-state index contributed by atoms with van der Waals surface area (Å²) in [5.74, 6) is -0.516. The van der Waals surface area contributed by atoms with E-state index < -0.39 is 5.97 Å². The second-order valence-corrected chi connectivity index (χ2v) is 6.28. The highest BCUT2D eigenvalue weighted by molar-refractivity contribution is 5.95. The van der Waals surface area contributed by atoms with Gasteiger partial charge in [0, 0.05) is 49.4 Å². The van der Waals surface area contributed by atoms with Crippen LogP contribution in [-0.4, -0.2) is 57.7 Å². The van der Waals surface area contributed by atoms with Crippen LogP contribution in [-0.2, 0) is 9.53 Å². The maximum absolute atomic E-state index is 13.1. The Balaban J connectivity index is 1.77. The summed E-state index contributed by atoms with van der Waals surface area (Å²) in [6.07, 6.45) is 6.09. The maximum atomic E-state index is 13.1. The minimum Gasteiger partial charge on any atom is -0.481 e. The van der Waals surface area contributed by atoms with Crippen LogP contribution in [0.4, 0.5) is 11.5 Å². The number of carboxylic acid groups (broad SMARTS) is 1. The Morgan fingerprint density at radius 3 is 2.78 bits per heavy atom. The van der Waals surface area contributed by atoms with Gasteiger partial charge < -0.3 is 20.1 Å². The first-order valence-corrected chi connectivity index (χ1v) is 8.87. The Hall–Kier alpha value is -3.00. The monoisotopic (exact) mass is 370 g/mol. The number of anilines is 2. The van der Waals surface area contributed by atoms with Crippen LogP contribution < -0.4 is 5.32 Å². The summed E-state index contributed by atoms with van der Waals surface area (Å²) in [5, 5.41) is 12.1. The van der Waals surface area contributed by atoms with Gasteiger partial charge in [-0.15, -0.1) is 0 Å². The van der Waals surface area contributed by atoms with Gasteiger partial charge in [0.25, 0.3) is 5.91 Å². The number of benzene rings is 1. The Bertz CT molecular complexity index is 778. The number of aromatic nitrogens is 2. The summed E-state index contributed by atoms with van der Waals surface area (Å²) in [7, 11) is 0. The van der Waals surface area contributed by atoms with Gasteiger partial charge in [-0.05, 0) is 31.0 Å². The molecule has 8 nitrogen and oxygen atoms in total. The highest BCUT2D eigenvalue weighted by atomic mass is 16.5. The summed E-state index contributed by atoms with van der Waals surface area (Å²) in [6, 6.07) is 7.08. The molecule has 2 N–H and O–H groups in total. The SMILES string of the molecule is O=C(O)CCN(C(=O)c1cccc(Nc2cnccn2)c1)C1CCOCC1. The van der Waals surface area contributed by atoms with Crippen molar-refractivity contribution in [2.45, 2.75) is 25.3 Å². The van der Waals surface area contributed by atoms with Crippen molar-refractivity contribution in [3.8, 4) is 0 Å². The van der Waals surface area contributed by atoms with Crippen LogP contribution in [0.1, 0.15) is 29.6 Å². The van der Waals surface area contributed by atoms with Gasteiger partial charge in [0.1, 0.15) is 5.82 Å². The lowest BCUT2D eigenvalue weighted by molar-refractivity contribution is -0.137. The minimum absolute atomic E-state index is 0.0118. The molecule has 8 heteroatoms. The molecule has 3 rings (SSSR count). The molecule has 1 amide bonds. The summed E-state index contributed by atoms with van der Waals surface area (Å²) in [5.41, 5.74) is 1.22. The molecule has 2 aromatic rings. The second-order valence-electron chi connectivity index (χ2n) is 6.28. The van der Waals surface area contributed by atoms with Crippen LogP contribution in [0, 0.1) is 0 Å². The summed E-state index contributed by atoms with van der Waals surface area (Å²) in [4.78, 5) is 33.9. The molecule has 0 atom stereocenters. The van der Waals surface area contributed by atoms with E-state index in [1.54, 1.807) is 41.7 Å². The number of amides is 1. The third kappa shape index (κ3) is 5.24. The van der Waals surface area contributed by atoms with Gasteiger partial charge in [-0.2, -0.15) is 0 Å². The molecule has 27 heavy (non-hydrogen) atoms. The number of carbonyl (C=O) groups excluding carboxylic acids is 1. The molecule has 1 fully saturated rings. The summed E-state index contributed by atoms with van der Waals surface area (Å²) in [6.45, 7) is 1.34. The number of hydrogen-bond acceptors (Lipinski definition) is 6. The van der Waals surface area contributed by atoms with Crippen LogP contribution >= 0.6 is 0 Å². The fourth-order valence-electron chi connectivity index (χ4n) is 3.07. The van der Waals surface area contributed by atoms with Crippen LogP contribution in [0.25, 0.3) is 0 Å². The van der Waals surface area contributed by atoms with Crippen LogP contribution in [0.15, 0.2) is 42.9 Å². The van der Waals surface area contributed by atoms with Gasteiger partial charge in [0.2, 0.25) is 0 Å². The maximum Gasteiger partial charge on any atom is 0.305 e. The number of carbonyl (C=O) groups is 2. The van der Waals surface area contributed by atoms with Crippen molar-refractivity contribution in [1.29, 1.82) is 0 Å². The van der Waals surface area contributed by atoms with Crippen LogP contribution in [0.5, 0.6) is 0 Å². The lowest BCUT2D eigenvalue weighted by Crippen LogP contribution is -2.44. The van der Waals surface area contributed by atoms with E-state index in [1.165, 1.54) is 0 Å². The van der Waals surface area contributed by atoms with Gasteiger partial charge in [0.15, 0.2) is 0 Å². The quantitative estimate of drug-likeness (QED) is 0.770. The first-order valence-electron chi connectivity index (χ1n) is 8.87.